The zero-order chi connectivity index (χ0) is 19.2. The van der Waals surface area contributed by atoms with Gasteiger partial charge in [0, 0.05) is 10.6 Å². The number of carbonyl (C=O) groups is 3. The van der Waals surface area contributed by atoms with E-state index in [1.807, 2.05) is 0 Å². The quantitative estimate of drug-likeness (QED) is 0.508. The Morgan fingerprint density at radius 1 is 0.963 bits per heavy atom. The summed E-state index contributed by atoms with van der Waals surface area (Å²) in [6.45, 7) is -0.430. The van der Waals surface area contributed by atoms with Crippen molar-refractivity contribution in [1.29, 1.82) is 0 Å². The number of para-hydroxylation sites is 1. The van der Waals surface area contributed by atoms with Gasteiger partial charge in [0.15, 0.2) is 18.2 Å². The average Bonchev–Trinajstić information content (AvgIpc) is 3.22. The number of benzene rings is 2. The van der Waals surface area contributed by atoms with Crippen molar-refractivity contribution in [2.24, 2.45) is 0 Å². The predicted octanol–water partition coefficient (Wildman–Crippen LogP) is 4.23. The van der Waals surface area contributed by atoms with Gasteiger partial charge in [-0.1, -0.05) is 23.7 Å². The second-order valence-corrected chi connectivity index (χ2v) is 5.92. The number of ketones is 1. The normalized spacial score (nSPS) is 10.3. The summed E-state index contributed by atoms with van der Waals surface area (Å²) in [5.74, 6) is -1.49. The molecule has 0 radical (unpaired) electrons. The highest BCUT2D eigenvalue weighted by molar-refractivity contribution is 6.30. The van der Waals surface area contributed by atoms with Crippen LogP contribution < -0.4 is 5.32 Å². The minimum absolute atomic E-state index is 0.107. The third-order valence-electron chi connectivity index (χ3n) is 3.64. The van der Waals surface area contributed by atoms with Crippen molar-refractivity contribution in [3.8, 4) is 0 Å². The number of hydrogen-bond acceptors (Lipinski definition) is 5. The zero-order valence-corrected chi connectivity index (χ0v) is 14.7. The fourth-order valence-electron chi connectivity index (χ4n) is 2.29. The smallest absolute Gasteiger partial charge is 0.340 e. The molecule has 0 bridgehead atoms. The summed E-state index contributed by atoms with van der Waals surface area (Å²) in [7, 11) is 0. The minimum Gasteiger partial charge on any atom is -0.459 e. The summed E-state index contributed by atoms with van der Waals surface area (Å²) in [5.41, 5.74) is 0.760. The van der Waals surface area contributed by atoms with Crippen LogP contribution in [-0.4, -0.2) is 24.3 Å². The summed E-state index contributed by atoms with van der Waals surface area (Å²) in [6.07, 6.45) is 1.37. The molecule has 0 aliphatic carbocycles. The van der Waals surface area contributed by atoms with Gasteiger partial charge in [-0.05, 0) is 48.5 Å². The predicted molar refractivity (Wildman–Crippen MR) is 99.2 cm³/mol. The van der Waals surface area contributed by atoms with Crippen molar-refractivity contribution in [2.45, 2.75) is 0 Å². The van der Waals surface area contributed by atoms with Crippen LogP contribution in [0.5, 0.6) is 0 Å². The van der Waals surface area contributed by atoms with Gasteiger partial charge in [-0.3, -0.25) is 9.59 Å². The molecule has 0 aliphatic rings. The molecule has 0 unspecified atom stereocenters. The van der Waals surface area contributed by atoms with E-state index in [4.69, 9.17) is 20.8 Å². The standard InChI is InChI=1S/C20H14ClNO5/c21-14-9-7-13(8-10-14)17(23)12-27-20(25)15-4-1-2-5-16(15)22-19(24)18-6-3-11-26-18/h1-11H,12H2,(H,22,24). The molecule has 1 aromatic heterocycles. The summed E-state index contributed by atoms with van der Waals surface area (Å²) in [5, 5.41) is 3.09. The van der Waals surface area contributed by atoms with Crippen LogP contribution in [0.1, 0.15) is 31.3 Å². The maximum Gasteiger partial charge on any atom is 0.340 e. The number of ether oxygens (including phenoxy) is 1. The molecule has 0 atom stereocenters. The van der Waals surface area contributed by atoms with Gasteiger partial charge in [0.2, 0.25) is 0 Å². The molecule has 2 aromatic carbocycles. The highest BCUT2D eigenvalue weighted by Crippen LogP contribution is 2.18. The van der Waals surface area contributed by atoms with E-state index in [0.717, 1.165) is 0 Å². The van der Waals surface area contributed by atoms with Gasteiger partial charge in [-0.2, -0.15) is 0 Å². The van der Waals surface area contributed by atoms with Gasteiger partial charge in [0.05, 0.1) is 17.5 Å². The van der Waals surface area contributed by atoms with Crippen LogP contribution in [0, 0.1) is 0 Å². The Morgan fingerprint density at radius 2 is 1.70 bits per heavy atom. The molecule has 3 aromatic rings. The number of furan rings is 1. The van der Waals surface area contributed by atoms with Gasteiger partial charge in [0.1, 0.15) is 0 Å². The lowest BCUT2D eigenvalue weighted by molar-refractivity contribution is 0.0475. The van der Waals surface area contributed by atoms with Crippen LogP contribution in [0.25, 0.3) is 0 Å². The number of carbonyl (C=O) groups excluding carboxylic acids is 3. The molecule has 27 heavy (non-hydrogen) atoms. The van der Waals surface area contributed by atoms with Crippen LogP contribution in [0.4, 0.5) is 5.69 Å². The number of anilines is 1. The van der Waals surface area contributed by atoms with E-state index >= 15 is 0 Å². The fraction of sp³-hybridized carbons (Fsp3) is 0.0500. The first kappa shape index (κ1) is 18.4. The molecule has 0 aliphatic heterocycles. The summed E-state index contributed by atoms with van der Waals surface area (Å²) < 4.78 is 10.1. The first-order valence-electron chi connectivity index (χ1n) is 7.94. The summed E-state index contributed by atoms with van der Waals surface area (Å²) in [4.78, 5) is 36.6. The summed E-state index contributed by atoms with van der Waals surface area (Å²) >= 11 is 5.78. The molecule has 1 heterocycles. The van der Waals surface area contributed by atoms with Gasteiger partial charge in [-0.25, -0.2) is 4.79 Å². The minimum atomic E-state index is -0.729. The lowest BCUT2D eigenvalue weighted by Crippen LogP contribution is -2.18. The molecular formula is C20H14ClNO5. The Labute approximate surface area is 159 Å². The monoisotopic (exact) mass is 383 g/mol. The van der Waals surface area contributed by atoms with Crippen molar-refractivity contribution in [3.05, 3.63) is 88.8 Å². The van der Waals surface area contributed by atoms with Crippen LogP contribution in [-0.2, 0) is 4.74 Å². The molecule has 0 saturated heterocycles. The maximum absolute atomic E-state index is 12.4. The highest BCUT2D eigenvalue weighted by atomic mass is 35.5. The number of halogens is 1. The van der Waals surface area contributed by atoms with Crippen LogP contribution >= 0.6 is 11.6 Å². The van der Waals surface area contributed by atoms with Crippen molar-refractivity contribution >= 4 is 34.9 Å². The first-order valence-corrected chi connectivity index (χ1v) is 8.32. The van der Waals surface area contributed by atoms with Crippen molar-refractivity contribution in [1.82, 2.24) is 0 Å². The van der Waals surface area contributed by atoms with E-state index in [-0.39, 0.29) is 22.8 Å². The summed E-state index contributed by atoms with van der Waals surface area (Å²) in [6, 6.07) is 15.7. The fourth-order valence-corrected chi connectivity index (χ4v) is 2.42. The highest BCUT2D eigenvalue weighted by Gasteiger charge is 2.18. The Kier molecular flexibility index (Phi) is 5.68. The first-order chi connectivity index (χ1) is 13.0. The third kappa shape index (κ3) is 4.62. The SMILES string of the molecule is O=C(COC(=O)c1ccccc1NC(=O)c1ccco1)c1ccc(Cl)cc1. The van der Waals surface area contributed by atoms with E-state index in [0.29, 0.717) is 10.6 Å². The van der Waals surface area contributed by atoms with E-state index < -0.39 is 18.5 Å². The van der Waals surface area contributed by atoms with Gasteiger partial charge >= 0.3 is 5.97 Å². The molecule has 0 spiro atoms. The largest absolute Gasteiger partial charge is 0.459 e. The number of rotatable bonds is 6. The van der Waals surface area contributed by atoms with E-state index in [1.54, 1.807) is 48.5 Å². The molecule has 1 amide bonds. The van der Waals surface area contributed by atoms with E-state index in [9.17, 15) is 14.4 Å². The van der Waals surface area contributed by atoms with Gasteiger partial charge < -0.3 is 14.5 Å². The average molecular weight is 384 g/mol. The Morgan fingerprint density at radius 3 is 2.41 bits per heavy atom. The zero-order valence-electron chi connectivity index (χ0n) is 14.0. The third-order valence-corrected chi connectivity index (χ3v) is 3.89. The van der Waals surface area contributed by atoms with Gasteiger partial charge in [0.25, 0.3) is 5.91 Å². The number of nitrogens with one attached hydrogen (secondary N) is 1. The number of Topliss-reactive ketones (excluding diaryl/α,β-unsaturated/α-hetero) is 1. The Bertz CT molecular complexity index is 964. The molecular weight excluding hydrogens is 370 g/mol. The van der Waals surface area contributed by atoms with Gasteiger partial charge in [-0.15, -0.1) is 0 Å². The van der Waals surface area contributed by atoms with E-state index in [2.05, 4.69) is 5.32 Å². The molecule has 0 fully saturated rings. The van der Waals surface area contributed by atoms with E-state index in [1.165, 1.54) is 18.4 Å². The maximum atomic E-state index is 12.4. The molecule has 7 heteroatoms. The molecule has 0 saturated carbocycles. The van der Waals surface area contributed by atoms with Crippen molar-refractivity contribution in [2.75, 3.05) is 11.9 Å². The number of amides is 1. The Hall–Kier alpha value is -3.38. The molecule has 136 valence electrons. The second kappa shape index (κ2) is 8.33. The number of hydrogen-bond donors (Lipinski definition) is 1. The van der Waals surface area contributed by atoms with Crippen LogP contribution in [0.15, 0.2) is 71.3 Å². The lowest BCUT2D eigenvalue weighted by atomic mass is 10.1. The van der Waals surface area contributed by atoms with Crippen LogP contribution in [0.3, 0.4) is 0 Å². The van der Waals surface area contributed by atoms with Crippen LogP contribution in [0.2, 0.25) is 5.02 Å². The molecule has 3 rings (SSSR count). The number of esters is 1. The second-order valence-electron chi connectivity index (χ2n) is 5.48. The lowest BCUT2D eigenvalue weighted by Gasteiger charge is -2.10. The van der Waals surface area contributed by atoms with Crippen molar-refractivity contribution in [3.63, 3.8) is 0 Å². The topological polar surface area (TPSA) is 85.6 Å². The Balaban J connectivity index is 1.67. The van der Waals surface area contributed by atoms with Crippen molar-refractivity contribution < 1.29 is 23.5 Å². The molecule has 6 nitrogen and oxygen atoms in total. The molecule has 1 N–H and O–H groups in total.